The Bertz CT molecular complexity index is 2210. The number of likely N-dealkylation sites (tertiary alicyclic amines) is 1. The summed E-state index contributed by atoms with van der Waals surface area (Å²) in [4.78, 5) is 66.9. The molecule has 0 unspecified atom stereocenters. The van der Waals surface area contributed by atoms with Crippen molar-refractivity contribution < 1.29 is 28.7 Å². The fraction of sp³-hybridized carbons (Fsp3) is 0.587. The molecule has 16 nitrogen and oxygen atoms in total. The number of benzene rings is 1. The maximum Gasteiger partial charge on any atom is 0.254 e. The van der Waals surface area contributed by atoms with Crippen LogP contribution in [0.3, 0.4) is 0 Å². The van der Waals surface area contributed by atoms with Crippen molar-refractivity contribution in [2.75, 3.05) is 51.1 Å². The maximum atomic E-state index is 15.6. The maximum absolute atomic E-state index is 15.6. The Balaban J connectivity index is 0.757. The van der Waals surface area contributed by atoms with Crippen LogP contribution in [0.5, 0.6) is 0 Å². The Morgan fingerprint density at radius 1 is 0.968 bits per heavy atom. The van der Waals surface area contributed by atoms with Crippen molar-refractivity contribution in [3.63, 3.8) is 0 Å². The summed E-state index contributed by atoms with van der Waals surface area (Å²) < 4.78 is 17.5. The molecule has 0 radical (unpaired) electrons. The van der Waals surface area contributed by atoms with Crippen LogP contribution in [0.2, 0.25) is 0 Å². The van der Waals surface area contributed by atoms with Gasteiger partial charge in [-0.1, -0.05) is 52.9 Å². The molecule has 0 bridgehead atoms. The third-order valence-corrected chi connectivity index (χ3v) is 12.5. The second-order valence-corrected chi connectivity index (χ2v) is 18.7. The van der Waals surface area contributed by atoms with Gasteiger partial charge in [0.25, 0.3) is 5.91 Å². The number of hydrogen-bond acceptors (Lipinski definition) is 10. The van der Waals surface area contributed by atoms with Crippen molar-refractivity contribution in [1.82, 2.24) is 49.9 Å². The van der Waals surface area contributed by atoms with Gasteiger partial charge in [0, 0.05) is 81.2 Å². The van der Waals surface area contributed by atoms with E-state index in [2.05, 4.69) is 31.1 Å². The number of aromatic amines is 1. The number of amides is 4. The lowest BCUT2D eigenvalue weighted by Gasteiger charge is -2.35. The van der Waals surface area contributed by atoms with Gasteiger partial charge in [-0.25, -0.2) is 14.4 Å². The SMILES string of the molecule is C[C@@H]1C[C@@H](O)CN1C(=O)[C@@H](NC(=O)CCCCCCCCCNC(=O)CN1CCN(C(=O)c2ccc(Nc3nc(C4CC4)cn4c(-c5cn[nH]c5)cnc34)c(F)c2)CC1)C(C)(C)C. The molecule has 17 heteroatoms. The van der Waals surface area contributed by atoms with E-state index in [0.29, 0.717) is 69.5 Å². The van der Waals surface area contributed by atoms with Crippen LogP contribution >= 0.6 is 0 Å². The van der Waals surface area contributed by atoms with Gasteiger partial charge in [0.05, 0.1) is 42.1 Å². The molecule has 3 fully saturated rings. The zero-order chi connectivity index (χ0) is 44.7. The molecule has 5 heterocycles. The molecule has 1 saturated carbocycles. The van der Waals surface area contributed by atoms with Crippen LogP contribution in [-0.4, -0.2) is 132 Å². The van der Waals surface area contributed by atoms with E-state index in [0.717, 1.165) is 74.7 Å². The molecule has 4 aromatic rings. The summed E-state index contributed by atoms with van der Waals surface area (Å²) in [6, 6.07) is 3.77. The predicted octanol–water partition coefficient (Wildman–Crippen LogP) is 5.39. The van der Waals surface area contributed by atoms with E-state index in [-0.39, 0.29) is 47.5 Å². The van der Waals surface area contributed by atoms with Gasteiger partial charge >= 0.3 is 0 Å². The first-order valence-electron chi connectivity index (χ1n) is 22.7. The second-order valence-electron chi connectivity index (χ2n) is 18.7. The van der Waals surface area contributed by atoms with Crippen LogP contribution in [0.4, 0.5) is 15.9 Å². The zero-order valence-corrected chi connectivity index (χ0v) is 37.2. The number of hydrogen-bond donors (Lipinski definition) is 5. The predicted molar refractivity (Wildman–Crippen MR) is 238 cm³/mol. The summed E-state index contributed by atoms with van der Waals surface area (Å²) in [5.74, 6) is -0.309. The Morgan fingerprint density at radius 3 is 2.35 bits per heavy atom. The number of carbonyl (C=O) groups excluding carboxylic acids is 4. The first-order chi connectivity index (χ1) is 30.2. The van der Waals surface area contributed by atoms with Crippen LogP contribution in [0.25, 0.3) is 16.9 Å². The molecule has 340 valence electrons. The number of unbranched alkanes of at least 4 members (excludes halogenated alkanes) is 6. The number of fused-ring (bicyclic) bond motifs is 1. The van der Waals surface area contributed by atoms with Crippen LogP contribution in [0, 0.1) is 11.2 Å². The number of piperazine rings is 1. The molecule has 3 aromatic heterocycles. The molecule has 5 N–H and O–H groups in total. The first-order valence-corrected chi connectivity index (χ1v) is 22.7. The summed E-state index contributed by atoms with van der Waals surface area (Å²) in [7, 11) is 0. The van der Waals surface area contributed by atoms with Crippen molar-refractivity contribution in [2.45, 2.75) is 122 Å². The van der Waals surface area contributed by atoms with Crippen molar-refractivity contribution in [3.05, 3.63) is 60.1 Å². The molecule has 7 rings (SSSR count). The number of β-amino-alcohol motifs (C(OH)–C–C–N with tert-alkyl or cyclic N) is 1. The van der Waals surface area contributed by atoms with Gasteiger partial charge < -0.3 is 30.9 Å². The Morgan fingerprint density at radius 2 is 1.70 bits per heavy atom. The molecular formula is C46H64FN11O5. The molecule has 1 aliphatic carbocycles. The number of aliphatic hydroxyl groups is 1. The van der Waals surface area contributed by atoms with E-state index in [1.807, 2.05) is 43.2 Å². The summed E-state index contributed by atoms with van der Waals surface area (Å²) in [6.07, 6.45) is 16.5. The monoisotopic (exact) mass is 870 g/mol. The average Bonchev–Trinajstić information content (AvgIpc) is 3.60. The van der Waals surface area contributed by atoms with Gasteiger partial charge in [-0.15, -0.1) is 0 Å². The minimum atomic E-state index is -0.633. The number of nitrogens with zero attached hydrogens (tertiary/aromatic N) is 7. The molecule has 2 aliphatic heterocycles. The molecule has 4 amide bonds. The number of rotatable bonds is 19. The fourth-order valence-electron chi connectivity index (χ4n) is 8.58. The first kappa shape index (κ1) is 45.6. The summed E-state index contributed by atoms with van der Waals surface area (Å²) >= 11 is 0. The standard InChI is InChI=1S/C46H64FN11O5/c1-30-22-34(59)27-57(30)45(63)41(46(2,3)4)54-39(60)12-10-8-6-5-7-9-11-17-48-40(61)29-55-18-20-56(21-19-55)44(62)32-15-16-36(35(47)23-32)52-42-43-49-26-38(33-24-50-51-25-33)58(43)28-37(53-42)31-13-14-31/h15-16,23-26,28,30-31,34,41,59H,5-14,17-22,27,29H2,1-4H3,(H,48,61)(H,50,51)(H,52,53)(H,54,60)/t30-,34-,41-/m1/s1. The van der Waals surface area contributed by atoms with E-state index in [1.54, 1.807) is 40.5 Å². The van der Waals surface area contributed by atoms with Crippen molar-refractivity contribution in [3.8, 4) is 11.3 Å². The molecule has 3 atom stereocenters. The molecule has 63 heavy (non-hydrogen) atoms. The quantitative estimate of drug-likeness (QED) is 0.0764. The van der Waals surface area contributed by atoms with E-state index in [1.165, 1.54) is 6.07 Å². The summed E-state index contributed by atoms with van der Waals surface area (Å²) in [5.41, 5.74) is 3.20. The number of aromatic nitrogens is 5. The lowest BCUT2D eigenvalue weighted by molar-refractivity contribution is -0.140. The molecular weight excluding hydrogens is 806 g/mol. The highest BCUT2D eigenvalue weighted by Gasteiger charge is 2.40. The lowest BCUT2D eigenvalue weighted by Crippen LogP contribution is -2.55. The van der Waals surface area contributed by atoms with E-state index in [9.17, 15) is 24.3 Å². The van der Waals surface area contributed by atoms with Crippen LogP contribution in [0.1, 0.15) is 120 Å². The van der Waals surface area contributed by atoms with Crippen molar-refractivity contribution >= 4 is 40.8 Å². The third kappa shape index (κ3) is 11.8. The van der Waals surface area contributed by atoms with Crippen LogP contribution in [-0.2, 0) is 14.4 Å². The topological polar surface area (TPSA) is 193 Å². The molecule has 2 saturated heterocycles. The minimum absolute atomic E-state index is 0.0383. The number of imidazole rings is 1. The van der Waals surface area contributed by atoms with E-state index < -0.39 is 23.4 Å². The number of halogens is 1. The van der Waals surface area contributed by atoms with Gasteiger partial charge in [0.2, 0.25) is 17.7 Å². The van der Waals surface area contributed by atoms with Gasteiger partial charge in [0.1, 0.15) is 11.9 Å². The number of carbonyl (C=O) groups is 4. The van der Waals surface area contributed by atoms with Crippen molar-refractivity contribution in [1.29, 1.82) is 0 Å². The smallest absolute Gasteiger partial charge is 0.254 e. The largest absolute Gasteiger partial charge is 0.391 e. The number of H-pyrrole nitrogens is 1. The highest BCUT2D eigenvalue weighted by molar-refractivity contribution is 5.95. The average molecular weight is 870 g/mol. The number of anilines is 2. The summed E-state index contributed by atoms with van der Waals surface area (Å²) in [5, 5.41) is 26.0. The number of nitrogens with one attached hydrogen (secondary N) is 4. The Kier molecular flexibility index (Phi) is 14.8. The molecule has 0 spiro atoms. The molecule has 3 aliphatic rings. The Hall–Kier alpha value is -5.42. The van der Waals surface area contributed by atoms with Crippen LogP contribution in [0.15, 0.2) is 43.0 Å². The second kappa shape index (κ2) is 20.4. The third-order valence-electron chi connectivity index (χ3n) is 12.5. The van der Waals surface area contributed by atoms with E-state index >= 15 is 4.39 Å². The van der Waals surface area contributed by atoms with Gasteiger partial charge in [-0.05, 0) is 62.6 Å². The van der Waals surface area contributed by atoms with Gasteiger partial charge in [-0.2, -0.15) is 5.10 Å². The zero-order valence-electron chi connectivity index (χ0n) is 37.2. The minimum Gasteiger partial charge on any atom is -0.391 e. The lowest BCUT2D eigenvalue weighted by atomic mass is 9.85. The van der Waals surface area contributed by atoms with Crippen LogP contribution < -0.4 is 16.0 Å². The van der Waals surface area contributed by atoms with Crippen molar-refractivity contribution in [2.24, 2.45) is 5.41 Å². The highest BCUT2D eigenvalue weighted by atomic mass is 19.1. The normalized spacial score (nSPS) is 18.8. The summed E-state index contributed by atoms with van der Waals surface area (Å²) in [6.45, 7) is 10.9. The fourth-order valence-corrected chi connectivity index (χ4v) is 8.58. The highest BCUT2D eigenvalue weighted by Crippen LogP contribution is 2.40. The van der Waals surface area contributed by atoms with Gasteiger partial charge in [0.15, 0.2) is 11.5 Å². The Labute approximate surface area is 368 Å². The molecule has 1 aromatic carbocycles. The van der Waals surface area contributed by atoms with E-state index in [4.69, 9.17) is 4.98 Å². The van der Waals surface area contributed by atoms with Gasteiger partial charge in [-0.3, -0.25) is 33.6 Å². The number of aliphatic hydroxyl groups excluding tert-OH is 1.